The van der Waals surface area contributed by atoms with E-state index in [1.165, 1.54) is 11.1 Å². The van der Waals surface area contributed by atoms with E-state index in [4.69, 9.17) is 58.7 Å². The fourth-order valence-corrected chi connectivity index (χ4v) is 15.9. The summed E-state index contributed by atoms with van der Waals surface area (Å²) in [6.45, 7) is 6.89. The van der Waals surface area contributed by atoms with Crippen molar-refractivity contribution in [3.63, 3.8) is 0 Å². The van der Waals surface area contributed by atoms with Gasteiger partial charge in [-0.3, -0.25) is 0 Å². The van der Waals surface area contributed by atoms with Crippen molar-refractivity contribution < 1.29 is 8.83 Å². The van der Waals surface area contributed by atoms with E-state index in [-0.39, 0.29) is 0 Å². The molecule has 0 N–H and O–H groups in total. The molecule has 6 heterocycles. The van der Waals surface area contributed by atoms with Crippen LogP contribution in [0.3, 0.4) is 0 Å². The smallest absolute Gasteiger partial charge is 0.164 e. The minimum Gasteiger partial charge on any atom is -0.456 e. The van der Waals surface area contributed by atoms with Crippen molar-refractivity contribution in [2.75, 3.05) is 0 Å². The Morgan fingerprint density at radius 3 is 1.23 bits per heavy atom. The maximum atomic E-state index is 7.06. The number of hydrogen-bond acceptors (Lipinski definition) is 12. The van der Waals surface area contributed by atoms with E-state index in [1.54, 1.807) is 0 Å². The lowest BCUT2D eigenvalue weighted by atomic mass is 9.77. The van der Waals surface area contributed by atoms with Gasteiger partial charge in [-0.1, -0.05) is 269 Å². The standard InChI is InChI=1S/C92H60N10O2/c1-91(2)69-45-21-19-39-62(69)76-78(94-90(95-81(76)91)67-44-24-41-64-74-65(42-26-48-73(74)104-80(64)67)88-99-84(56-30-11-5-12-31-56)97-85(100-88)57-32-13-6-14-33-57)60-38-23-27-54(51-60)53-92(3)70-46-22-20-40-63(70)77-79(93-83(96-82(77)92)55-28-9-4-10-29-55)61-49-50-71-68(52-61)75-66(43-25-47-72(75)103-71)89-101-86(58-34-15-7-16-35-58)98-87(102-89)59-36-17-8-18-37-59/h4-52H,53H2,1-3H3. The molecular weight excluding hydrogens is 1280 g/mol. The molecule has 6 aromatic heterocycles. The minimum atomic E-state index is -0.645. The number of rotatable bonds is 12. The van der Waals surface area contributed by atoms with E-state index in [1.807, 2.05) is 164 Å². The van der Waals surface area contributed by atoms with Gasteiger partial charge in [0.1, 0.15) is 22.3 Å². The zero-order valence-electron chi connectivity index (χ0n) is 56.8. The lowest BCUT2D eigenvalue weighted by molar-refractivity contribution is 0.565. The number of fused-ring (bicyclic) bond motifs is 12. The van der Waals surface area contributed by atoms with E-state index < -0.39 is 10.8 Å². The highest BCUT2D eigenvalue weighted by atomic mass is 16.3. The first-order valence-electron chi connectivity index (χ1n) is 35.0. The first-order valence-corrected chi connectivity index (χ1v) is 35.0. The Bertz CT molecular complexity index is 6380. The van der Waals surface area contributed by atoms with Crippen LogP contribution in [0.15, 0.2) is 306 Å². The summed E-state index contributed by atoms with van der Waals surface area (Å²) in [5, 5.41) is 3.60. The van der Waals surface area contributed by atoms with E-state index in [9.17, 15) is 0 Å². The third kappa shape index (κ3) is 9.81. The van der Waals surface area contributed by atoms with Crippen LogP contribution in [0.4, 0.5) is 0 Å². The molecule has 18 aromatic rings. The summed E-state index contributed by atoms with van der Waals surface area (Å²) in [4.78, 5) is 53.5. The van der Waals surface area contributed by atoms with Gasteiger partial charge in [-0.2, -0.15) is 0 Å². The van der Waals surface area contributed by atoms with Gasteiger partial charge < -0.3 is 8.83 Å². The number of nitrogens with zero attached hydrogens (tertiary/aromatic N) is 10. The van der Waals surface area contributed by atoms with Crippen LogP contribution >= 0.6 is 0 Å². The summed E-state index contributed by atoms with van der Waals surface area (Å²) >= 11 is 0. The van der Waals surface area contributed by atoms with Crippen molar-refractivity contribution >= 4 is 43.9 Å². The Morgan fingerprint density at radius 1 is 0.269 bits per heavy atom. The van der Waals surface area contributed by atoms with Crippen molar-refractivity contribution in [1.82, 2.24) is 49.8 Å². The summed E-state index contributed by atoms with van der Waals surface area (Å²) in [6.07, 6.45) is 0.607. The van der Waals surface area contributed by atoms with E-state index in [2.05, 4.69) is 154 Å². The largest absolute Gasteiger partial charge is 0.456 e. The third-order valence-corrected chi connectivity index (χ3v) is 20.8. The molecule has 0 saturated carbocycles. The first-order chi connectivity index (χ1) is 51.1. The molecule has 0 spiro atoms. The zero-order chi connectivity index (χ0) is 69.2. The lowest BCUT2D eigenvalue weighted by Crippen LogP contribution is -2.25. The van der Waals surface area contributed by atoms with Gasteiger partial charge in [0.25, 0.3) is 0 Å². The summed E-state index contributed by atoms with van der Waals surface area (Å²) in [6, 6.07) is 102. The molecule has 0 radical (unpaired) electrons. The van der Waals surface area contributed by atoms with Gasteiger partial charge in [-0.05, 0) is 83.6 Å². The van der Waals surface area contributed by atoms with Gasteiger partial charge >= 0.3 is 0 Å². The van der Waals surface area contributed by atoms with Crippen LogP contribution in [0.1, 0.15) is 48.8 Å². The lowest BCUT2D eigenvalue weighted by Gasteiger charge is -2.27. The quantitative estimate of drug-likeness (QED) is 0.114. The van der Waals surface area contributed by atoms with Crippen molar-refractivity contribution in [3.8, 4) is 136 Å². The predicted octanol–water partition coefficient (Wildman–Crippen LogP) is 21.9. The molecule has 0 fully saturated rings. The molecule has 12 aromatic carbocycles. The molecule has 1 atom stereocenters. The van der Waals surface area contributed by atoms with E-state index in [0.717, 1.165) is 139 Å². The van der Waals surface area contributed by atoms with Crippen molar-refractivity contribution in [3.05, 3.63) is 325 Å². The molecule has 12 heteroatoms. The third-order valence-electron chi connectivity index (χ3n) is 20.8. The second-order valence-corrected chi connectivity index (χ2v) is 27.6. The number of benzene rings is 12. The Kier molecular flexibility index (Phi) is 13.8. The van der Waals surface area contributed by atoms with E-state index in [0.29, 0.717) is 64.2 Å². The molecule has 12 nitrogen and oxygen atoms in total. The average molecular weight is 1340 g/mol. The molecule has 2 aliphatic rings. The van der Waals surface area contributed by atoms with Crippen LogP contribution in [-0.2, 0) is 17.3 Å². The van der Waals surface area contributed by atoms with Crippen LogP contribution in [0.25, 0.3) is 180 Å². The highest BCUT2D eigenvalue weighted by Crippen LogP contribution is 2.56. The second-order valence-electron chi connectivity index (χ2n) is 27.6. The molecular formula is C92H60N10O2. The van der Waals surface area contributed by atoms with Crippen molar-refractivity contribution in [2.24, 2.45) is 0 Å². The van der Waals surface area contributed by atoms with Crippen LogP contribution in [-0.4, -0.2) is 49.8 Å². The van der Waals surface area contributed by atoms with Gasteiger partial charge in [-0.15, -0.1) is 0 Å². The van der Waals surface area contributed by atoms with Crippen LogP contribution in [0.5, 0.6) is 0 Å². The SMILES string of the molecule is CC1(C)c2ccccc2-c2c(-c3cccc(CC4(C)c5ccccc5-c5c(-c6ccc7oc8cccc(-c9nc(-c%10ccccc%10)nc(-c%10ccccc%10)n9)c8c7c6)nc(-c6ccccc6)nc54)c3)nc(-c3cccc4c3oc3cccc(-c5nc(-c6ccccc6)nc(-c6ccccc6)n5)c34)nc21. The second kappa shape index (κ2) is 23.8. The molecule has 2 aliphatic carbocycles. The van der Waals surface area contributed by atoms with Gasteiger partial charge in [0.2, 0.25) is 0 Å². The average Bonchev–Trinajstić information content (AvgIpc) is 1.56. The van der Waals surface area contributed by atoms with Gasteiger partial charge in [0.15, 0.2) is 46.6 Å². The molecule has 0 saturated heterocycles. The topological polar surface area (TPSA) is 155 Å². The van der Waals surface area contributed by atoms with Gasteiger partial charge in [0.05, 0.1) is 28.3 Å². The minimum absolute atomic E-state index is 0.472. The number of furan rings is 2. The Morgan fingerprint density at radius 2 is 0.663 bits per heavy atom. The van der Waals surface area contributed by atoms with Crippen LogP contribution in [0, 0.1) is 0 Å². The molecule has 0 bridgehead atoms. The summed E-state index contributed by atoms with van der Waals surface area (Å²) in [7, 11) is 0. The predicted molar refractivity (Wildman–Crippen MR) is 413 cm³/mol. The fourth-order valence-electron chi connectivity index (χ4n) is 15.9. The molecule has 20 rings (SSSR count). The highest BCUT2D eigenvalue weighted by molar-refractivity contribution is 6.15. The summed E-state index contributed by atoms with van der Waals surface area (Å²) in [5.74, 6) is 4.61. The maximum Gasteiger partial charge on any atom is 0.164 e. The van der Waals surface area contributed by atoms with E-state index >= 15 is 0 Å². The monoisotopic (exact) mass is 1340 g/mol. The van der Waals surface area contributed by atoms with Crippen LogP contribution < -0.4 is 0 Å². The Labute approximate surface area is 598 Å². The normalized spacial score (nSPS) is 14.1. The molecule has 104 heavy (non-hydrogen) atoms. The van der Waals surface area contributed by atoms with Crippen molar-refractivity contribution in [1.29, 1.82) is 0 Å². The summed E-state index contributed by atoms with van der Waals surface area (Å²) < 4.78 is 13.8. The fraction of sp³-hybridized carbons (Fsp3) is 0.0652. The van der Waals surface area contributed by atoms with Gasteiger partial charge in [-0.25, -0.2) is 49.8 Å². The Balaban J connectivity index is 0.726. The number of hydrogen-bond donors (Lipinski definition) is 0. The summed E-state index contributed by atoms with van der Waals surface area (Å²) in [5.41, 5.74) is 21.8. The number of para-hydroxylation sites is 1. The molecule has 1 unspecified atom stereocenters. The molecule has 0 aliphatic heterocycles. The van der Waals surface area contributed by atoms with Crippen LogP contribution in [0.2, 0.25) is 0 Å². The van der Waals surface area contributed by atoms with Crippen molar-refractivity contribution in [2.45, 2.75) is 38.0 Å². The molecule has 0 amide bonds. The zero-order valence-corrected chi connectivity index (χ0v) is 56.8. The first kappa shape index (κ1) is 60.4. The van der Waals surface area contributed by atoms with Gasteiger partial charge in [0, 0.05) is 93.6 Å². The molecule has 490 valence electrons. The Hall–Kier alpha value is -13.6. The maximum absolute atomic E-state index is 7.06. The number of aromatic nitrogens is 10. The highest BCUT2D eigenvalue weighted by Gasteiger charge is 2.44.